The third-order valence-corrected chi connectivity index (χ3v) is 5.58. The molecule has 0 bridgehead atoms. The van der Waals surface area contributed by atoms with Gasteiger partial charge in [0.05, 0.1) is 11.9 Å². The normalized spacial score (nSPS) is 11.2. The van der Waals surface area contributed by atoms with Crippen LogP contribution in [-0.4, -0.2) is 33.7 Å². The minimum absolute atomic E-state index is 0.0821. The van der Waals surface area contributed by atoms with Gasteiger partial charge in [0.15, 0.2) is 0 Å². The third kappa shape index (κ3) is 7.23. The molecule has 0 spiro atoms. The number of benzene rings is 2. The summed E-state index contributed by atoms with van der Waals surface area (Å²) in [6.45, 7) is 2.75. The zero-order valence-corrected chi connectivity index (χ0v) is 17.2. The first kappa shape index (κ1) is 21.3. The highest BCUT2D eigenvalue weighted by Crippen LogP contribution is 2.18. The summed E-state index contributed by atoms with van der Waals surface area (Å²) in [5.41, 5.74) is 2.78. The van der Waals surface area contributed by atoms with Crippen LogP contribution in [0.1, 0.15) is 24.0 Å². The van der Waals surface area contributed by atoms with Crippen molar-refractivity contribution in [2.24, 2.45) is 0 Å². The fraction of sp³-hybridized carbons (Fsp3) is 0.350. The van der Waals surface area contributed by atoms with E-state index in [-0.39, 0.29) is 18.9 Å². The Hall–Kier alpha value is -2.05. The van der Waals surface area contributed by atoms with Crippen molar-refractivity contribution in [2.75, 3.05) is 23.7 Å². The van der Waals surface area contributed by atoms with Crippen LogP contribution in [0.5, 0.6) is 0 Å². The SMILES string of the molecule is Cc1ccc(N(CCCC(=O)NCCc2ccc(Cl)cc2)S(C)(=O)=O)cc1. The molecule has 0 fully saturated rings. The fourth-order valence-electron chi connectivity index (χ4n) is 2.67. The smallest absolute Gasteiger partial charge is 0.232 e. The molecule has 0 atom stereocenters. The molecule has 0 unspecified atom stereocenters. The van der Waals surface area contributed by atoms with Gasteiger partial charge in [-0.3, -0.25) is 9.10 Å². The van der Waals surface area contributed by atoms with Gasteiger partial charge in [-0.1, -0.05) is 41.4 Å². The topological polar surface area (TPSA) is 66.5 Å². The van der Waals surface area contributed by atoms with Gasteiger partial charge in [0.2, 0.25) is 15.9 Å². The van der Waals surface area contributed by atoms with Crippen LogP contribution in [0.3, 0.4) is 0 Å². The summed E-state index contributed by atoms with van der Waals surface area (Å²) < 4.78 is 25.5. The molecule has 7 heteroatoms. The predicted molar refractivity (Wildman–Crippen MR) is 111 cm³/mol. The second-order valence-electron chi connectivity index (χ2n) is 6.50. The van der Waals surface area contributed by atoms with Crippen molar-refractivity contribution >= 4 is 33.2 Å². The van der Waals surface area contributed by atoms with Crippen molar-refractivity contribution in [1.82, 2.24) is 5.32 Å². The summed E-state index contributed by atoms with van der Waals surface area (Å²) in [6, 6.07) is 14.8. The highest BCUT2D eigenvalue weighted by molar-refractivity contribution is 7.92. The number of nitrogens with zero attached hydrogens (tertiary/aromatic N) is 1. The summed E-state index contributed by atoms with van der Waals surface area (Å²) in [5.74, 6) is -0.0821. The zero-order chi connectivity index (χ0) is 19.9. The molecule has 2 aromatic carbocycles. The summed E-state index contributed by atoms with van der Waals surface area (Å²) in [5, 5.41) is 3.55. The fourth-order valence-corrected chi connectivity index (χ4v) is 3.76. The van der Waals surface area contributed by atoms with Crippen LogP contribution in [0.4, 0.5) is 5.69 Å². The molecule has 0 aliphatic rings. The Morgan fingerprint density at radius 1 is 1.07 bits per heavy atom. The number of hydrogen-bond donors (Lipinski definition) is 1. The molecule has 0 aliphatic carbocycles. The van der Waals surface area contributed by atoms with Crippen LogP contribution in [0.15, 0.2) is 48.5 Å². The second-order valence-corrected chi connectivity index (χ2v) is 8.84. The Morgan fingerprint density at radius 3 is 2.30 bits per heavy atom. The minimum Gasteiger partial charge on any atom is -0.356 e. The van der Waals surface area contributed by atoms with E-state index in [9.17, 15) is 13.2 Å². The third-order valence-electron chi connectivity index (χ3n) is 4.14. The van der Waals surface area contributed by atoms with E-state index in [2.05, 4.69) is 5.32 Å². The Balaban J connectivity index is 1.79. The van der Waals surface area contributed by atoms with E-state index in [1.165, 1.54) is 10.6 Å². The Labute approximate surface area is 166 Å². The first-order valence-corrected chi connectivity index (χ1v) is 11.0. The van der Waals surface area contributed by atoms with E-state index in [1.54, 1.807) is 12.1 Å². The van der Waals surface area contributed by atoms with E-state index < -0.39 is 10.0 Å². The van der Waals surface area contributed by atoms with Gasteiger partial charge in [-0.2, -0.15) is 0 Å². The number of aryl methyl sites for hydroxylation is 1. The van der Waals surface area contributed by atoms with Gasteiger partial charge in [-0.15, -0.1) is 0 Å². The van der Waals surface area contributed by atoms with Crippen LogP contribution in [0.25, 0.3) is 0 Å². The molecule has 146 valence electrons. The zero-order valence-electron chi connectivity index (χ0n) is 15.6. The molecule has 0 radical (unpaired) electrons. The molecule has 2 rings (SSSR count). The maximum atomic E-state index is 12.1. The monoisotopic (exact) mass is 408 g/mol. The number of amides is 1. The molecule has 1 amide bonds. The quantitative estimate of drug-likeness (QED) is 0.689. The van der Waals surface area contributed by atoms with Crippen molar-refractivity contribution in [3.63, 3.8) is 0 Å². The minimum atomic E-state index is -3.39. The number of anilines is 1. The molecule has 5 nitrogen and oxygen atoms in total. The summed E-state index contributed by atoms with van der Waals surface area (Å²) in [7, 11) is -3.39. The summed E-state index contributed by atoms with van der Waals surface area (Å²) in [6.07, 6.45) is 2.63. The van der Waals surface area contributed by atoms with E-state index in [0.717, 1.165) is 17.5 Å². The standard InChI is InChI=1S/C20H25ClN2O3S/c1-16-5-11-19(12-6-16)23(27(2,25)26)15-3-4-20(24)22-14-13-17-7-9-18(21)10-8-17/h5-12H,3-4,13-15H2,1-2H3,(H,22,24). The van der Waals surface area contributed by atoms with Crippen LogP contribution in [0, 0.1) is 6.92 Å². The second kappa shape index (κ2) is 9.76. The van der Waals surface area contributed by atoms with E-state index >= 15 is 0 Å². The highest BCUT2D eigenvalue weighted by atomic mass is 35.5. The first-order valence-electron chi connectivity index (χ1n) is 8.81. The summed E-state index contributed by atoms with van der Waals surface area (Å²) in [4.78, 5) is 12.0. The summed E-state index contributed by atoms with van der Waals surface area (Å²) >= 11 is 5.85. The van der Waals surface area contributed by atoms with Crippen LogP contribution >= 0.6 is 11.6 Å². The Bertz CT molecular complexity index is 850. The largest absolute Gasteiger partial charge is 0.356 e. The molecular weight excluding hydrogens is 384 g/mol. The number of carbonyl (C=O) groups is 1. The van der Waals surface area contributed by atoms with Crippen molar-refractivity contribution in [2.45, 2.75) is 26.2 Å². The number of sulfonamides is 1. The van der Waals surface area contributed by atoms with Gasteiger partial charge >= 0.3 is 0 Å². The lowest BCUT2D eigenvalue weighted by Gasteiger charge is -2.22. The number of hydrogen-bond acceptors (Lipinski definition) is 3. The molecule has 27 heavy (non-hydrogen) atoms. The maximum Gasteiger partial charge on any atom is 0.232 e. The Kier molecular flexibility index (Phi) is 7.68. The van der Waals surface area contributed by atoms with Gasteiger partial charge < -0.3 is 5.32 Å². The lowest BCUT2D eigenvalue weighted by molar-refractivity contribution is -0.121. The first-order chi connectivity index (χ1) is 12.8. The highest BCUT2D eigenvalue weighted by Gasteiger charge is 2.17. The molecule has 2 aromatic rings. The van der Waals surface area contributed by atoms with E-state index in [1.807, 2.05) is 43.3 Å². The molecular formula is C20H25ClN2O3S. The van der Waals surface area contributed by atoms with Gasteiger partial charge in [0.1, 0.15) is 0 Å². The number of nitrogens with one attached hydrogen (secondary N) is 1. The Morgan fingerprint density at radius 2 is 1.70 bits per heavy atom. The number of halogens is 1. The number of rotatable bonds is 9. The van der Waals surface area contributed by atoms with E-state index in [4.69, 9.17) is 11.6 Å². The maximum absolute atomic E-state index is 12.1. The molecule has 0 saturated heterocycles. The van der Waals surface area contributed by atoms with Crippen molar-refractivity contribution in [1.29, 1.82) is 0 Å². The van der Waals surface area contributed by atoms with Crippen molar-refractivity contribution in [3.05, 3.63) is 64.7 Å². The van der Waals surface area contributed by atoms with Gasteiger partial charge in [0.25, 0.3) is 0 Å². The van der Waals surface area contributed by atoms with Crippen LogP contribution < -0.4 is 9.62 Å². The number of carbonyl (C=O) groups excluding carboxylic acids is 1. The lowest BCUT2D eigenvalue weighted by atomic mass is 10.1. The van der Waals surface area contributed by atoms with E-state index in [0.29, 0.717) is 23.7 Å². The molecule has 0 aromatic heterocycles. The average molecular weight is 409 g/mol. The van der Waals surface area contributed by atoms with Crippen molar-refractivity contribution in [3.8, 4) is 0 Å². The van der Waals surface area contributed by atoms with Crippen LogP contribution in [-0.2, 0) is 21.2 Å². The molecule has 1 N–H and O–H groups in total. The van der Waals surface area contributed by atoms with Crippen molar-refractivity contribution < 1.29 is 13.2 Å². The molecule has 0 saturated carbocycles. The average Bonchev–Trinajstić information content (AvgIpc) is 2.60. The molecule has 0 aliphatic heterocycles. The molecule has 0 heterocycles. The lowest BCUT2D eigenvalue weighted by Crippen LogP contribution is -2.32. The predicted octanol–water partition coefficient (Wildman–Crippen LogP) is 3.55. The van der Waals surface area contributed by atoms with Gasteiger partial charge in [-0.05, 0) is 49.6 Å². The van der Waals surface area contributed by atoms with Crippen LogP contribution in [0.2, 0.25) is 5.02 Å². The van der Waals surface area contributed by atoms with Gasteiger partial charge in [0, 0.05) is 24.5 Å². The van der Waals surface area contributed by atoms with Gasteiger partial charge in [-0.25, -0.2) is 8.42 Å².